The Hall–Kier alpha value is -0.860. The molecule has 1 aliphatic rings. The molecule has 0 spiro atoms. The molecule has 1 aromatic rings. The smallest absolute Gasteiger partial charge is 0.253 e. The van der Waals surface area contributed by atoms with Crippen LogP contribution in [0.4, 0.5) is 0 Å². The molecule has 2 rings (SSSR count). The maximum absolute atomic E-state index is 11.2. The summed E-state index contributed by atoms with van der Waals surface area (Å²) in [5.74, 6) is 0. The maximum atomic E-state index is 11.2. The summed E-state index contributed by atoms with van der Waals surface area (Å²) < 4.78 is 5.63. The first-order chi connectivity index (χ1) is 7.23. The predicted octanol–water partition coefficient (Wildman–Crippen LogP) is 2.89. The van der Waals surface area contributed by atoms with Crippen molar-refractivity contribution in [2.24, 2.45) is 0 Å². The van der Waals surface area contributed by atoms with Crippen molar-refractivity contribution in [1.29, 1.82) is 0 Å². The van der Waals surface area contributed by atoms with Gasteiger partial charge in [-0.2, -0.15) is 0 Å². The molecule has 1 fully saturated rings. The molecule has 0 radical (unpaired) electrons. The number of ether oxygens (including phenoxy) is 1. The number of carbonyl (C=O) groups excluding carboxylic acids is 1. The number of hydrogen-bond acceptors (Lipinski definition) is 2. The van der Waals surface area contributed by atoms with Crippen molar-refractivity contribution in [1.82, 2.24) is 0 Å². The van der Waals surface area contributed by atoms with Crippen LogP contribution in [0.1, 0.15) is 24.8 Å². The lowest BCUT2D eigenvalue weighted by Gasteiger charge is -2.38. The Morgan fingerprint density at radius 3 is 2.47 bits per heavy atom. The van der Waals surface area contributed by atoms with Gasteiger partial charge in [-0.1, -0.05) is 30.3 Å². The number of halogens is 1. The summed E-state index contributed by atoms with van der Waals surface area (Å²) in [5.41, 5.74) is 0.374. The van der Waals surface area contributed by atoms with E-state index in [0.717, 1.165) is 24.8 Å². The zero-order valence-corrected chi connectivity index (χ0v) is 9.17. The minimum Gasteiger partial charge on any atom is -0.361 e. The van der Waals surface area contributed by atoms with Crippen LogP contribution < -0.4 is 0 Å². The lowest BCUT2D eigenvalue weighted by atomic mass is 9.81. The summed E-state index contributed by atoms with van der Waals surface area (Å²) in [7, 11) is 0. The average molecular weight is 225 g/mol. The number of carbonyl (C=O) groups is 1. The molecule has 0 atom stereocenters. The quantitative estimate of drug-likeness (QED) is 0.736. The topological polar surface area (TPSA) is 26.3 Å². The van der Waals surface area contributed by atoms with Crippen LogP contribution in [0.2, 0.25) is 0 Å². The van der Waals surface area contributed by atoms with Gasteiger partial charge >= 0.3 is 0 Å². The third-order valence-electron chi connectivity index (χ3n) is 2.88. The van der Waals surface area contributed by atoms with E-state index in [1.165, 1.54) is 0 Å². The molecule has 0 aliphatic heterocycles. The molecular formula is C12H13ClO2. The summed E-state index contributed by atoms with van der Waals surface area (Å²) in [5, 5.41) is -0.357. The van der Waals surface area contributed by atoms with E-state index in [1.54, 1.807) is 0 Å². The van der Waals surface area contributed by atoms with Crippen molar-refractivity contribution in [2.75, 3.05) is 0 Å². The van der Waals surface area contributed by atoms with Gasteiger partial charge in [-0.15, -0.1) is 0 Å². The van der Waals surface area contributed by atoms with Gasteiger partial charge in [-0.25, -0.2) is 0 Å². The van der Waals surface area contributed by atoms with E-state index in [9.17, 15) is 4.79 Å². The van der Waals surface area contributed by atoms with Gasteiger partial charge < -0.3 is 4.74 Å². The van der Waals surface area contributed by atoms with Crippen LogP contribution in [-0.4, -0.2) is 10.8 Å². The summed E-state index contributed by atoms with van der Waals surface area (Å²) >= 11 is 5.54. The highest BCUT2D eigenvalue weighted by atomic mass is 35.5. The van der Waals surface area contributed by atoms with E-state index < -0.39 is 5.60 Å². The van der Waals surface area contributed by atoms with Gasteiger partial charge in [0.05, 0.1) is 6.61 Å². The number of rotatable bonds is 4. The van der Waals surface area contributed by atoms with Crippen LogP contribution in [0.15, 0.2) is 30.3 Å². The largest absolute Gasteiger partial charge is 0.361 e. The average Bonchev–Trinajstić information content (AvgIpc) is 2.17. The van der Waals surface area contributed by atoms with E-state index in [-0.39, 0.29) is 5.24 Å². The van der Waals surface area contributed by atoms with E-state index in [2.05, 4.69) is 0 Å². The second kappa shape index (κ2) is 4.33. The Balaban J connectivity index is 1.95. The summed E-state index contributed by atoms with van der Waals surface area (Å²) in [6.45, 7) is 0.458. The molecule has 0 saturated heterocycles. The molecule has 0 bridgehead atoms. The first-order valence-corrected chi connectivity index (χ1v) is 5.49. The summed E-state index contributed by atoms with van der Waals surface area (Å²) in [6.07, 6.45) is 2.53. The lowest BCUT2D eigenvalue weighted by Crippen LogP contribution is -2.45. The zero-order chi connectivity index (χ0) is 10.7. The fourth-order valence-electron chi connectivity index (χ4n) is 1.69. The molecule has 15 heavy (non-hydrogen) atoms. The highest BCUT2D eigenvalue weighted by Gasteiger charge is 2.44. The second-order valence-corrected chi connectivity index (χ2v) is 4.24. The third-order valence-corrected chi connectivity index (χ3v) is 3.22. The van der Waals surface area contributed by atoms with Gasteiger partial charge in [0, 0.05) is 0 Å². The SMILES string of the molecule is O=C(Cl)C1(OCc2ccccc2)CCC1. The van der Waals surface area contributed by atoms with Crippen LogP contribution in [0.5, 0.6) is 0 Å². The molecule has 1 saturated carbocycles. The normalized spacial score (nSPS) is 18.2. The van der Waals surface area contributed by atoms with Crippen molar-refractivity contribution in [2.45, 2.75) is 31.5 Å². The van der Waals surface area contributed by atoms with E-state index >= 15 is 0 Å². The minimum absolute atomic E-state index is 0.357. The van der Waals surface area contributed by atoms with Gasteiger partial charge in [-0.05, 0) is 36.4 Å². The molecule has 0 unspecified atom stereocenters. The Kier molecular flexibility index (Phi) is 3.08. The van der Waals surface area contributed by atoms with Crippen LogP contribution >= 0.6 is 11.6 Å². The first kappa shape index (κ1) is 10.7. The lowest BCUT2D eigenvalue weighted by molar-refractivity contribution is -0.151. The fourth-order valence-corrected chi connectivity index (χ4v) is 1.93. The highest BCUT2D eigenvalue weighted by Crippen LogP contribution is 2.38. The van der Waals surface area contributed by atoms with Crippen molar-refractivity contribution < 1.29 is 9.53 Å². The molecule has 1 aromatic carbocycles. The summed E-state index contributed by atoms with van der Waals surface area (Å²) in [6, 6.07) is 9.81. The molecule has 80 valence electrons. The van der Waals surface area contributed by atoms with Crippen molar-refractivity contribution in [3.63, 3.8) is 0 Å². The Bertz CT molecular complexity index is 344. The minimum atomic E-state index is -0.697. The Morgan fingerprint density at radius 2 is 2.00 bits per heavy atom. The monoisotopic (exact) mass is 224 g/mol. The molecule has 0 N–H and O–H groups in total. The maximum Gasteiger partial charge on any atom is 0.253 e. The van der Waals surface area contributed by atoms with Crippen LogP contribution in [0.3, 0.4) is 0 Å². The second-order valence-electron chi connectivity index (χ2n) is 3.90. The molecule has 1 aliphatic carbocycles. The van der Waals surface area contributed by atoms with Gasteiger partial charge in [-0.3, -0.25) is 4.79 Å². The van der Waals surface area contributed by atoms with E-state index in [1.807, 2.05) is 30.3 Å². The van der Waals surface area contributed by atoms with Crippen LogP contribution in [0, 0.1) is 0 Å². The number of benzene rings is 1. The zero-order valence-electron chi connectivity index (χ0n) is 8.41. The van der Waals surface area contributed by atoms with Crippen molar-refractivity contribution >= 4 is 16.8 Å². The highest BCUT2D eigenvalue weighted by molar-refractivity contribution is 6.65. The molecule has 2 nitrogen and oxygen atoms in total. The predicted molar refractivity (Wildman–Crippen MR) is 58.7 cm³/mol. The molecule has 0 aromatic heterocycles. The molecule has 0 amide bonds. The van der Waals surface area contributed by atoms with Gasteiger partial charge in [0.2, 0.25) is 0 Å². The third kappa shape index (κ3) is 2.21. The fraction of sp³-hybridized carbons (Fsp3) is 0.417. The van der Waals surface area contributed by atoms with Crippen LogP contribution in [-0.2, 0) is 16.1 Å². The van der Waals surface area contributed by atoms with Gasteiger partial charge in [0.15, 0.2) is 0 Å². The Labute approximate surface area is 94.2 Å². The number of hydrogen-bond donors (Lipinski definition) is 0. The van der Waals surface area contributed by atoms with Crippen molar-refractivity contribution in [3.8, 4) is 0 Å². The van der Waals surface area contributed by atoms with Crippen LogP contribution in [0.25, 0.3) is 0 Å². The molecular weight excluding hydrogens is 212 g/mol. The molecule has 3 heteroatoms. The van der Waals surface area contributed by atoms with Crippen molar-refractivity contribution in [3.05, 3.63) is 35.9 Å². The van der Waals surface area contributed by atoms with Gasteiger partial charge in [0.25, 0.3) is 5.24 Å². The summed E-state index contributed by atoms with van der Waals surface area (Å²) in [4.78, 5) is 11.2. The Morgan fingerprint density at radius 1 is 1.33 bits per heavy atom. The molecule has 0 heterocycles. The first-order valence-electron chi connectivity index (χ1n) is 5.11. The standard InChI is InChI=1S/C12H13ClO2/c13-11(14)12(7-4-8-12)15-9-10-5-2-1-3-6-10/h1-3,5-6H,4,7-9H2. The van der Waals surface area contributed by atoms with Gasteiger partial charge in [0.1, 0.15) is 5.60 Å². The van der Waals surface area contributed by atoms with E-state index in [4.69, 9.17) is 16.3 Å². The van der Waals surface area contributed by atoms with E-state index in [0.29, 0.717) is 6.61 Å².